The van der Waals surface area contributed by atoms with Crippen LogP contribution < -0.4 is 5.32 Å². The molecule has 0 amide bonds. The predicted molar refractivity (Wildman–Crippen MR) is 79.1 cm³/mol. The van der Waals surface area contributed by atoms with E-state index in [2.05, 4.69) is 5.32 Å². The van der Waals surface area contributed by atoms with E-state index in [4.69, 9.17) is 0 Å². The quantitative estimate of drug-likeness (QED) is 0.927. The van der Waals surface area contributed by atoms with Crippen molar-refractivity contribution in [2.24, 2.45) is 0 Å². The van der Waals surface area contributed by atoms with Gasteiger partial charge in [-0.3, -0.25) is 0 Å². The van der Waals surface area contributed by atoms with Crippen LogP contribution in [0.3, 0.4) is 0 Å². The number of sulfone groups is 1. The molecule has 1 N–H and O–H groups in total. The Balaban J connectivity index is 1.99. The van der Waals surface area contributed by atoms with Gasteiger partial charge in [0.1, 0.15) is 5.82 Å². The van der Waals surface area contributed by atoms with Crippen LogP contribution in [-0.2, 0) is 15.3 Å². The summed E-state index contributed by atoms with van der Waals surface area (Å²) in [6.45, 7) is 4.70. The van der Waals surface area contributed by atoms with Gasteiger partial charge in [-0.05, 0) is 30.5 Å². The van der Waals surface area contributed by atoms with Gasteiger partial charge >= 0.3 is 0 Å². The van der Waals surface area contributed by atoms with E-state index < -0.39 is 9.84 Å². The van der Waals surface area contributed by atoms with Crippen LogP contribution in [0.25, 0.3) is 0 Å². The number of nitrogens with one attached hydrogen (secondary N) is 1. The van der Waals surface area contributed by atoms with Crippen LogP contribution in [0.5, 0.6) is 0 Å². The van der Waals surface area contributed by atoms with Gasteiger partial charge in [-0.2, -0.15) is 0 Å². The molecule has 2 rings (SSSR count). The van der Waals surface area contributed by atoms with Crippen LogP contribution in [0.15, 0.2) is 24.3 Å². The standard InChI is InChI=1S/C15H22FNO2S/c1-15(2,12-5-3-6-13(16)9-12)11-17-14-7-4-8-20(18,19)10-14/h3,5-6,9,14,17H,4,7-8,10-11H2,1-2H3/t14-/m0/s1. The van der Waals surface area contributed by atoms with Gasteiger partial charge in [-0.15, -0.1) is 0 Å². The van der Waals surface area contributed by atoms with E-state index in [-0.39, 0.29) is 23.0 Å². The maximum Gasteiger partial charge on any atom is 0.151 e. The number of halogens is 1. The van der Waals surface area contributed by atoms with Crippen molar-refractivity contribution in [3.63, 3.8) is 0 Å². The molecule has 0 saturated carbocycles. The molecule has 0 unspecified atom stereocenters. The molecule has 0 radical (unpaired) electrons. The molecule has 1 atom stereocenters. The Morgan fingerprint density at radius 1 is 1.40 bits per heavy atom. The van der Waals surface area contributed by atoms with Gasteiger partial charge in [0.15, 0.2) is 9.84 Å². The Hall–Kier alpha value is -0.940. The highest BCUT2D eigenvalue weighted by Crippen LogP contribution is 2.23. The van der Waals surface area contributed by atoms with Crippen molar-refractivity contribution < 1.29 is 12.8 Å². The summed E-state index contributed by atoms with van der Waals surface area (Å²) in [7, 11) is -2.89. The van der Waals surface area contributed by atoms with Crippen LogP contribution in [0.4, 0.5) is 4.39 Å². The zero-order chi connectivity index (χ0) is 14.8. The Labute approximate surface area is 120 Å². The molecule has 1 aromatic carbocycles. The second-order valence-corrected chi connectivity index (χ2v) is 8.46. The molecule has 1 aliphatic rings. The smallest absolute Gasteiger partial charge is 0.151 e. The van der Waals surface area contributed by atoms with Crippen LogP contribution in [0, 0.1) is 5.82 Å². The molecular weight excluding hydrogens is 277 g/mol. The summed E-state index contributed by atoms with van der Waals surface area (Å²) in [5.74, 6) is 0.279. The lowest BCUT2D eigenvalue weighted by Crippen LogP contribution is -2.45. The van der Waals surface area contributed by atoms with Gasteiger partial charge in [0.2, 0.25) is 0 Å². The molecule has 3 nitrogen and oxygen atoms in total. The minimum atomic E-state index is -2.89. The molecule has 0 aromatic heterocycles. The highest BCUT2D eigenvalue weighted by atomic mass is 32.2. The fourth-order valence-corrected chi connectivity index (χ4v) is 4.27. The first-order valence-electron chi connectivity index (χ1n) is 6.98. The Kier molecular flexibility index (Phi) is 4.49. The van der Waals surface area contributed by atoms with Crippen LogP contribution >= 0.6 is 0 Å². The molecule has 1 aliphatic heterocycles. The minimum Gasteiger partial charge on any atom is -0.312 e. The van der Waals surface area contributed by atoms with E-state index in [1.165, 1.54) is 6.07 Å². The molecule has 1 heterocycles. The first-order chi connectivity index (χ1) is 9.28. The van der Waals surface area contributed by atoms with Gasteiger partial charge in [-0.1, -0.05) is 26.0 Å². The van der Waals surface area contributed by atoms with Gasteiger partial charge in [-0.25, -0.2) is 12.8 Å². The van der Waals surface area contributed by atoms with E-state index in [9.17, 15) is 12.8 Å². The van der Waals surface area contributed by atoms with Crippen molar-refractivity contribution in [1.29, 1.82) is 0 Å². The lowest BCUT2D eigenvalue weighted by molar-refractivity contribution is 0.407. The zero-order valence-electron chi connectivity index (χ0n) is 12.0. The van der Waals surface area contributed by atoms with Crippen molar-refractivity contribution in [3.05, 3.63) is 35.6 Å². The summed E-state index contributed by atoms with van der Waals surface area (Å²) >= 11 is 0. The average molecular weight is 299 g/mol. The Morgan fingerprint density at radius 3 is 2.80 bits per heavy atom. The molecule has 1 saturated heterocycles. The second-order valence-electron chi connectivity index (χ2n) is 6.23. The SMILES string of the molecule is CC(C)(CN[C@H]1CCCS(=O)(=O)C1)c1cccc(F)c1. The Morgan fingerprint density at radius 2 is 2.15 bits per heavy atom. The summed E-state index contributed by atoms with van der Waals surface area (Å²) in [6, 6.07) is 6.60. The molecule has 0 spiro atoms. The maximum atomic E-state index is 13.3. The van der Waals surface area contributed by atoms with Crippen molar-refractivity contribution in [3.8, 4) is 0 Å². The van der Waals surface area contributed by atoms with Gasteiger partial charge in [0, 0.05) is 18.0 Å². The maximum absolute atomic E-state index is 13.3. The summed E-state index contributed by atoms with van der Waals surface area (Å²) in [4.78, 5) is 0. The van der Waals surface area contributed by atoms with Crippen molar-refractivity contribution >= 4 is 9.84 Å². The van der Waals surface area contributed by atoms with E-state index in [0.29, 0.717) is 12.3 Å². The number of rotatable bonds is 4. The lowest BCUT2D eigenvalue weighted by atomic mass is 9.84. The van der Waals surface area contributed by atoms with Crippen LogP contribution in [-0.4, -0.2) is 32.5 Å². The highest BCUT2D eigenvalue weighted by molar-refractivity contribution is 7.91. The van der Waals surface area contributed by atoms with E-state index in [1.54, 1.807) is 12.1 Å². The molecule has 0 aliphatic carbocycles. The van der Waals surface area contributed by atoms with E-state index in [1.807, 2.05) is 19.9 Å². The summed E-state index contributed by atoms with van der Waals surface area (Å²) in [5, 5.41) is 3.33. The summed E-state index contributed by atoms with van der Waals surface area (Å²) < 4.78 is 36.5. The average Bonchev–Trinajstić information content (AvgIpc) is 2.35. The zero-order valence-corrected chi connectivity index (χ0v) is 12.8. The largest absolute Gasteiger partial charge is 0.312 e. The van der Waals surface area contributed by atoms with Crippen LogP contribution in [0.2, 0.25) is 0 Å². The highest BCUT2D eigenvalue weighted by Gasteiger charge is 2.27. The third kappa shape index (κ3) is 4.03. The molecule has 1 aromatic rings. The first-order valence-corrected chi connectivity index (χ1v) is 8.80. The lowest BCUT2D eigenvalue weighted by Gasteiger charge is -2.30. The normalized spacial score (nSPS) is 22.6. The monoisotopic (exact) mass is 299 g/mol. The molecule has 0 bridgehead atoms. The minimum absolute atomic E-state index is 0.0154. The predicted octanol–water partition coefficient (Wildman–Crippen LogP) is 2.27. The third-order valence-corrected chi connectivity index (χ3v) is 5.72. The molecule has 1 fully saturated rings. The fraction of sp³-hybridized carbons (Fsp3) is 0.600. The second kappa shape index (κ2) is 5.82. The van der Waals surface area contributed by atoms with E-state index in [0.717, 1.165) is 18.4 Å². The van der Waals surface area contributed by atoms with E-state index >= 15 is 0 Å². The molecule has 20 heavy (non-hydrogen) atoms. The van der Waals surface area contributed by atoms with Crippen molar-refractivity contribution in [1.82, 2.24) is 5.32 Å². The van der Waals surface area contributed by atoms with Gasteiger partial charge in [0.25, 0.3) is 0 Å². The van der Waals surface area contributed by atoms with Gasteiger partial charge < -0.3 is 5.32 Å². The van der Waals surface area contributed by atoms with Crippen molar-refractivity contribution in [2.75, 3.05) is 18.1 Å². The molecule has 112 valence electrons. The molecular formula is C15H22FNO2S. The fourth-order valence-electron chi connectivity index (χ4n) is 2.59. The van der Waals surface area contributed by atoms with Crippen LogP contribution in [0.1, 0.15) is 32.3 Å². The van der Waals surface area contributed by atoms with Crippen molar-refractivity contribution in [2.45, 2.75) is 38.1 Å². The molecule has 5 heteroatoms. The number of hydrogen-bond donors (Lipinski definition) is 1. The number of hydrogen-bond acceptors (Lipinski definition) is 3. The summed E-state index contributed by atoms with van der Waals surface area (Å²) in [6.07, 6.45) is 1.61. The Bertz CT molecular complexity index is 569. The van der Waals surface area contributed by atoms with Gasteiger partial charge in [0.05, 0.1) is 11.5 Å². The number of benzene rings is 1. The first kappa shape index (κ1) is 15.4. The summed E-state index contributed by atoms with van der Waals surface area (Å²) in [5.41, 5.74) is 0.687. The topological polar surface area (TPSA) is 46.2 Å². The third-order valence-electron chi connectivity index (χ3n) is 3.90.